The summed E-state index contributed by atoms with van der Waals surface area (Å²) in [5, 5.41) is 8.68. The number of carboxylic acid groups (broad SMARTS) is 1. The number of carbonyl (C=O) groups is 2. The smallest absolute Gasteiger partial charge is 0.320 e. The second-order valence-electron chi connectivity index (χ2n) is 3.55. The maximum absolute atomic E-state index is 11.1. The van der Waals surface area contributed by atoms with Crippen molar-refractivity contribution < 1.29 is 19.4 Å². The fourth-order valence-electron chi connectivity index (χ4n) is 1.42. The summed E-state index contributed by atoms with van der Waals surface area (Å²) >= 11 is 0. The zero-order chi connectivity index (χ0) is 13.0. The van der Waals surface area contributed by atoms with E-state index in [1.165, 1.54) is 13.2 Å². The Kier molecular flexibility index (Phi) is 6.15. The van der Waals surface area contributed by atoms with Crippen LogP contribution in [0.5, 0.6) is 5.75 Å². The summed E-state index contributed by atoms with van der Waals surface area (Å²) < 4.78 is 4.97. The van der Waals surface area contributed by atoms with Crippen molar-refractivity contribution in [1.29, 1.82) is 0 Å². The van der Waals surface area contributed by atoms with E-state index in [4.69, 9.17) is 21.3 Å². The second-order valence-corrected chi connectivity index (χ2v) is 3.55. The number of amides is 1. The highest BCUT2D eigenvalue weighted by Gasteiger charge is 2.15. The molecule has 0 saturated heterocycles. The van der Waals surface area contributed by atoms with E-state index >= 15 is 0 Å². The molecule has 7 heteroatoms. The number of carboxylic acids is 1. The number of rotatable bonds is 5. The monoisotopic (exact) mass is 274 g/mol. The van der Waals surface area contributed by atoms with Gasteiger partial charge in [-0.05, 0) is 24.1 Å². The van der Waals surface area contributed by atoms with Crippen molar-refractivity contribution in [3.05, 3.63) is 29.3 Å². The normalized spacial score (nSPS) is 11.2. The average Bonchev–Trinajstić information content (AvgIpc) is 2.28. The summed E-state index contributed by atoms with van der Waals surface area (Å²) in [6.07, 6.45) is 0.125. The molecule has 0 spiro atoms. The molecule has 5 N–H and O–H groups in total. The van der Waals surface area contributed by atoms with Crippen LogP contribution < -0.4 is 16.2 Å². The Labute approximate surface area is 110 Å². The number of aliphatic carboxylic acids is 1. The molecule has 0 radical (unpaired) electrons. The molecule has 0 aliphatic rings. The van der Waals surface area contributed by atoms with Gasteiger partial charge < -0.3 is 21.3 Å². The number of nitrogens with two attached hydrogens (primary N) is 2. The van der Waals surface area contributed by atoms with Crippen LogP contribution in [-0.2, 0) is 11.2 Å². The molecular weight excluding hydrogens is 260 g/mol. The van der Waals surface area contributed by atoms with Crippen LogP contribution in [0, 0.1) is 0 Å². The fourth-order valence-corrected chi connectivity index (χ4v) is 1.42. The predicted molar refractivity (Wildman–Crippen MR) is 68.1 cm³/mol. The van der Waals surface area contributed by atoms with Crippen LogP contribution in [0.1, 0.15) is 15.9 Å². The van der Waals surface area contributed by atoms with Gasteiger partial charge in [-0.15, -0.1) is 12.4 Å². The van der Waals surface area contributed by atoms with Crippen molar-refractivity contribution in [2.45, 2.75) is 12.5 Å². The summed E-state index contributed by atoms with van der Waals surface area (Å²) in [6.45, 7) is 0. The highest BCUT2D eigenvalue weighted by atomic mass is 35.5. The fraction of sp³-hybridized carbons (Fsp3) is 0.273. The number of benzene rings is 1. The third-order valence-corrected chi connectivity index (χ3v) is 2.30. The van der Waals surface area contributed by atoms with E-state index in [-0.39, 0.29) is 24.4 Å². The van der Waals surface area contributed by atoms with Gasteiger partial charge in [0.05, 0.1) is 12.7 Å². The molecule has 0 bridgehead atoms. The van der Waals surface area contributed by atoms with Crippen LogP contribution in [0.3, 0.4) is 0 Å². The lowest BCUT2D eigenvalue weighted by molar-refractivity contribution is -0.138. The minimum Gasteiger partial charge on any atom is -0.496 e. The largest absolute Gasteiger partial charge is 0.496 e. The van der Waals surface area contributed by atoms with Gasteiger partial charge in [-0.2, -0.15) is 0 Å². The molecule has 1 amide bonds. The maximum Gasteiger partial charge on any atom is 0.320 e. The standard InChI is InChI=1S/C11H14N2O4.ClH/c1-17-9-3-2-6(4-7(9)10(13)14)5-8(12)11(15)16;/h2-4,8H,5,12H2,1H3,(H2,13,14)(H,15,16);1H/t8-;/m0./s1. The van der Waals surface area contributed by atoms with Crippen molar-refractivity contribution in [3.8, 4) is 5.75 Å². The summed E-state index contributed by atoms with van der Waals surface area (Å²) in [5.74, 6) is -1.38. The third-order valence-electron chi connectivity index (χ3n) is 2.30. The SMILES string of the molecule is COc1ccc(C[C@H](N)C(=O)O)cc1C(N)=O.Cl. The number of carbonyl (C=O) groups excluding carboxylic acids is 1. The Morgan fingerprint density at radius 3 is 2.50 bits per heavy atom. The molecule has 0 heterocycles. The van der Waals surface area contributed by atoms with Crippen LogP contribution in [0.2, 0.25) is 0 Å². The van der Waals surface area contributed by atoms with E-state index in [9.17, 15) is 9.59 Å². The first-order chi connectivity index (χ1) is 7.95. The van der Waals surface area contributed by atoms with Gasteiger partial charge in [0.2, 0.25) is 0 Å². The minimum absolute atomic E-state index is 0. The van der Waals surface area contributed by atoms with Crippen molar-refractivity contribution in [2.75, 3.05) is 7.11 Å². The Morgan fingerprint density at radius 2 is 2.06 bits per heavy atom. The molecule has 0 saturated carbocycles. The number of hydrogen-bond donors (Lipinski definition) is 3. The molecule has 6 nitrogen and oxygen atoms in total. The van der Waals surface area contributed by atoms with E-state index in [0.717, 1.165) is 0 Å². The Morgan fingerprint density at radius 1 is 1.44 bits per heavy atom. The Balaban J connectivity index is 0.00000289. The predicted octanol–water partition coefficient (Wildman–Crippen LogP) is 0.170. The number of primary amides is 1. The van der Waals surface area contributed by atoms with Gasteiger partial charge in [-0.1, -0.05) is 6.07 Å². The molecule has 1 atom stereocenters. The Bertz CT molecular complexity index is 451. The van der Waals surface area contributed by atoms with E-state index in [1.54, 1.807) is 12.1 Å². The summed E-state index contributed by atoms with van der Waals surface area (Å²) in [6, 6.07) is 3.69. The summed E-state index contributed by atoms with van der Waals surface area (Å²) in [4.78, 5) is 21.8. The molecule has 1 aromatic carbocycles. The number of methoxy groups -OCH3 is 1. The van der Waals surface area contributed by atoms with E-state index < -0.39 is 17.9 Å². The zero-order valence-electron chi connectivity index (χ0n) is 9.75. The quantitative estimate of drug-likeness (QED) is 0.708. The first-order valence-corrected chi connectivity index (χ1v) is 4.90. The average molecular weight is 275 g/mol. The topological polar surface area (TPSA) is 116 Å². The van der Waals surface area contributed by atoms with Crippen LogP contribution in [-0.4, -0.2) is 30.1 Å². The first kappa shape index (κ1) is 16.2. The van der Waals surface area contributed by atoms with Crippen LogP contribution in [0.25, 0.3) is 0 Å². The van der Waals surface area contributed by atoms with Gasteiger partial charge in [-0.25, -0.2) is 0 Å². The molecule has 0 aromatic heterocycles. The maximum atomic E-state index is 11.1. The first-order valence-electron chi connectivity index (χ1n) is 4.90. The lowest BCUT2D eigenvalue weighted by atomic mass is 10.0. The molecule has 1 aromatic rings. The number of ether oxygens (including phenoxy) is 1. The molecule has 1 rings (SSSR count). The van der Waals surface area contributed by atoms with Gasteiger partial charge in [0, 0.05) is 0 Å². The van der Waals surface area contributed by atoms with Crippen molar-refractivity contribution >= 4 is 24.3 Å². The van der Waals surface area contributed by atoms with Gasteiger partial charge in [0.25, 0.3) is 5.91 Å². The number of halogens is 1. The zero-order valence-corrected chi connectivity index (χ0v) is 10.6. The van der Waals surface area contributed by atoms with Gasteiger partial charge >= 0.3 is 5.97 Å². The van der Waals surface area contributed by atoms with Crippen LogP contribution in [0.4, 0.5) is 0 Å². The lowest BCUT2D eigenvalue weighted by Crippen LogP contribution is -2.32. The molecule has 0 aliphatic carbocycles. The van der Waals surface area contributed by atoms with Gasteiger partial charge in [-0.3, -0.25) is 9.59 Å². The molecule has 0 fully saturated rings. The van der Waals surface area contributed by atoms with Crippen molar-refractivity contribution in [3.63, 3.8) is 0 Å². The van der Waals surface area contributed by atoms with Crippen LogP contribution in [0.15, 0.2) is 18.2 Å². The van der Waals surface area contributed by atoms with Crippen molar-refractivity contribution in [1.82, 2.24) is 0 Å². The molecule has 0 unspecified atom stereocenters. The summed E-state index contributed by atoms with van der Waals surface area (Å²) in [7, 11) is 1.42. The second kappa shape index (κ2) is 6.83. The van der Waals surface area contributed by atoms with E-state index in [0.29, 0.717) is 11.3 Å². The molecular formula is C11H15ClN2O4. The minimum atomic E-state index is -1.10. The van der Waals surface area contributed by atoms with Gasteiger partial charge in [0.15, 0.2) is 0 Å². The number of hydrogen-bond acceptors (Lipinski definition) is 4. The van der Waals surface area contributed by atoms with E-state index in [2.05, 4.69) is 0 Å². The van der Waals surface area contributed by atoms with Crippen LogP contribution >= 0.6 is 12.4 Å². The van der Waals surface area contributed by atoms with E-state index in [1.807, 2.05) is 0 Å². The molecule has 100 valence electrons. The Hall–Kier alpha value is -1.79. The highest BCUT2D eigenvalue weighted by Crippen LogP contribution is 2.19. The lowest BCUT2D eigenvalue weighted by Gasteiger charge is -2.10. The van der Waals surface area contributed by atoms with Gasteiger partial charge in [0.1, 0.15) is 11.8 Å². The molecule has 18 heavy (non-hydrogen) atoms. The highest BCUT2D eigenvalue weighted by molar-refractivity contribution is 5.95. The molecule has 0 aliphatic heterocycles. The van der Waals surface area contributed by atoms with Crippen molar-refractivity contribution in [2.24, 2.45) is 11.5 Å². The third kappa shape index (κ3) is 3.90. The summed E-state index contributed by atoms with van der Waals surface area (Å²) in [5.41, 5.74) is 11.4.